The van der Waals surface area contributed by atoms with Crippen LogP contribution < -0.4 is 10.5 Å². The number of nitrogens with zero attached hydrogens (tertiary/aromatic N) is 2. The van der Waals surface area contributed by atoms with Crippen molar-refractivity contribution in [2.45, 2.75) is 32.0 Å². The summed E-state index contributed by atoms with van der Waals surface area (Å²) in [5.41, 5.74) is 1.46. The molecule has 23 heavy (non-hydrogen) atoms. The first-order valence-electron chi connectivity index (χ1n) is 7.74. The number of quaternary nitrogens is 1. The van der Waals surface area contributed by atoms with Gasteiger partial charge < -0.3 is 4.90 Å². The van der Waals surface area contributed by atoms with Crippen LogP contribution in [-0.4, -0.2) is 15.4 Å². The van der Waals surface area contributed by atoms with E-state index in [1.54, 1.807) is 22.7 Å². The molecule has 118 valence electrons. The van der Waals surface area contributed by atoms with Gasteiger partial charge in [0.1, 0.15) is 24.6 Å². The van der Waals surface area contributed by atoms with Gasteiger partial charge in [-0.3, -0.25) is 9.20 Å². The second-order valence-electron chi connectivity index (χ2n) is 6.02. The maximum absolute atomic E-state index is 13.9. The van der Waals surface area contributed by atoms with Crippen LogP contribution in [0.4, 0.5) is 4.39 Å². The Morgan fingerprint density at radius 1 is 1.30 bits per heavy atom. The lowest BCUT2D eigenvalue weighted by molar-refractivity contribution is -0.938. The molecule has 1 aliphatic carbocycles. The van der Waals surface area contributed by atoms with Crippen molar-refractivity contribution in [3.63, 3.8) is 0 Å². The third-order valence-corrected chi connectivity index (χ3v) is 5.05. The highest BCUT2D eigenvalue weighted by molar-refractivity contribution is 7.15. The predicted octanol–water partition coefficient (Wildman–Crippen LogP) is 1.64. The van der Waals surface area contributed by atoms with E-state index in [-0.39, 0.29) is 11.4 Å². The van der Waals surface area contributed by atoms with Gasteiger partial charge in [-0.15, -0.1) is 11.3 Å². The molecule has 0 amide bonds. The molecule has 6 heteroatoms. The largest absolute Gasteiger partial charge is 0.324 e. The standard InChI is InChI=1S/C17H16FN3OS/c18-15-4-2-1-3-12(15)10-20(14-5-6-14)11-13-9-16(22)21-7-8-23-17(21)19-13/h1-4,7-9,14H,5-6,10-11H2/p+1. The molecule has 1 atom stereocenters. The molecule has 2 aromatic heterocycles. The minimum absolute atomic E-state index is 0.0488. The van der Waals surface area contributed by atoms with E-state index in [0.717, 1.165) is 24.1 Å². The SMILES string of the molecule is O=c1cc(C[NH+](Cc2ccccc2F)C2CC2)nc2sccn12. The number of halogens is 1. The summed E-state index contributed by atoms with van der Waals surface area (Å²) < 4.78 is 15.5. The smallest absolute Gasteiger partial charge is 0.258 e. The number of hydrogen-bond donors (Lipinski definition) is 1. The lowest BCUT2D eigenvalue weighted by Gasteiger charge is -2.19. The van der Waals surface area contributed by atoms with Crippen molar-refractivity contribution < 1.29 is 9.29 Å². The first-order valence-corrected chi connectivity index (χ1v) is 8.62. The lowest BCUT2D eigenvalue weighted by atomic mass is 10.2. The molecular weight excluding hydrogens is 313 g/mol. The van der Waals surface area contributed by atoms with Gasteiger partial charge in [-0.2, -0.15) is 0 Å². The summed E-state index contributed by atoms with van der Waals surface area (Å²) in [5, 5.41) is 1.86. The maximum Gasteiger partial charge on any atom is 0.258 e. The molecule has 1 aromatic carbocycles. The predicted molar refractivity (Wildman–Crippen MR) is 87.1 cm³/mol. The second-order valence-corrected chi connectivity index (χ2v) is 6.89. The number of aromatic nitrogens is 2. The van der Waals surface area contributed by atoms with Crippen molar-refractivity contribution in [3.05, 3.63) is 69.3 Å². The van der Waals surface area contributed by atoms with E-state index in [9.17, 15) is 9.18 Å². The van der Waals surface area contributed by atoms with Crippen LogP contribution in [0.15, 0.2) is 46.7 Å². The van der Waals surface area contributed by atoms with E-state index < -0.39 is 0 Å². The maximum atomic E-state index is 13.9. The summed E-state index contributed by atoms with van der Waals surface area (Å²) >= 11 is 1.46. The van der Waals surface area contributed by atoms with Crippen LogP contribution in [0.25, 0.3) is 4.96 Å². The third-order valence-electron chi connectivity index (χ3n) is 4.29. The van der Waals surface area contributed by atoms with Gasteiger partial charge in [0, 0.05) is 36.0 Å². The van der Waals surface area contributed by atoms with Crippen LogP contribution in [0.2, 0.25) is 0 Å². The Morgan fingerprint density at radius 3 is 2.91 bits per heavy atom. The normalized spacial score (nSPS) is 15.9. The van der Waals surface area contributed by atoms with E-state index in [1.165, 1.54) is 22.3 Å². The van der Waals surface area contributed by atoms with Gasteiger partial charge in [-0.1, -0.05) is 18.2 Å². The topological polar surface area (TPSA) is 38.8 Å². The van der Waals surface area contributed by atoms with Gasteiger partial charge in [0.2, 0.25) is 0 Å². The molecule has 2 heterocycles. The average Bonchev–Trinajstić information content (AvgIpc) is 3.27. The van der Waals surface area contributed by atoms with Gasteiger partial charge in [0.05, 0.1) is 6.04 Å². The zero-order valence-electron chi connectivity index (χ0n) is 12.5. The molecule has 0 aliphatic heterocycles. The monoisotopic (exact) mass is 330 g/mol. The highest BCUT2D eigenvalue weighted by Gasteiger charge is 2.34. The minimum Gasteiger partial charge on any atom is -0.324 e. The Morgan fingerprint density at radius 2 is 2.13 bits per heavy atom. The summed E-state index contributed by atoms with van der Waals surface area (Å²) in [6.07, 6.45) is 4.05. The van der Waals surface area contributed by atoms with Gasteiger partial charge in [0.15, 0.2) is 4.96 Å². The van der Waals surface area contributed by atoms with Crippen molar-refractivity contribution in [2.24, 2.45) is 0 Å². The van der Waals surface area contributed by atoms with E-state index >= 15 is 0 Å². The van der Waals surface area contributed by atoms with Gasteiger partial charge in [0.25, 0.3) is 5.56 Å². The lowest BCUT2D eigenvalue weighted by Crippen LogP contribution is -3.10. The molecule has 4 nitrogen and oxygen atoms in total. The first kappa shape index (κ1) is 14.5. The van der Waals surface area contributed by atoms with Crippen molar-refractivity contribution in [1.82, 2.24) is 9.38 Å². The Kier molecular flexibility index (Phi) is 3.71. The van der Waals surface area contributed by atoms with E-state index in [4.69, 9.17) is 0 Å². The summed E-state index contributed by atoms with van der Waals surface area (Å²) in [5.74, 6) is -0.160. The molecule has 1 fully saturated rings. The molecule has 0 radical (unpaired) electrons. The molecule has 1 aliphatic rings. The molecule has 1 unspecified atom stereocenters. The van der Waals surface area contributed by atoms with Crippen molar-refractivity contribution in [1.29, 1.82) is 0 Å². The van der Waals surface area contributed by atoms with E-state index in [2.05, 4.69) is 4.98 Å². The van der Waals surface area contributed by atoms with E-state index in [1.807, 2.05) is 17.5 Å². The van der Waals surface area contributed by atoms with Gasteiger partial charge in [-0.05, 0) is 6.07 Å². The first-order chi connectivity index (χ1) is 11.2. The molecule has 0 saturated heterocycles. The molecular formula is C17H17FN3OS+. The van der Waals surface area contributed by atoms with Crippen molar-refractivity contribution in [3.8, 4) is 0 Å². The molecule has 0 bridgehead atoms. The zero-order chi connectivity index (χ0) is 15.8. The quantitative estimate of drug-likeness (QED) is 0.772. The molecule has 1 N–H and O–H groups in total. The fourth-order valence-electron chi connectivity index (χ4n) is 2.94. The molecule has 0 spiro atoms. The Hall–Kier alpha value is -2.05. The Labute approximate surface area is 136 Å². The summed E-state index contributed by atoms with van der Waals surface area (Å²) in [4.78, 5) is 18.7. The molecule has 1 saturated carbocycles. The van der Waals surface area contributed by atoms with Gasteiger partial charge in [-0.25, -0.2) is 9.37 Å². The highest BCUT2D eigenvalue weighted by atomic mass is 32.1. The van der Waals surface area contributed by atoms with Crippen molar-refractivity contribution >= 4 is 16.3 Å². The summed E-state index contributed by atoms with van der Waals surface area (Å²) in [6, 6.07) is 9.06. The zero-order valence-corrected chi connectivity index (χ0v) is 13.4. The molecule has 4 rings (SSSR count). The molecule has 3 aromatic rings. The average molecular weight is 330 g/mol. The van der Waals surface area contributed by atoms with Crippen LogP contribution in [0.3, 0.4) is 0 Å². The third kappa shape index (κ3) is 3.04. The number of rotatable bonds is 5. The van der Waals surface area contributed by atoms with Crippen LogP contribution in [-0.2, 0) is 13.1 Å². The summed E-state index contributed by atoms with van der Waals surface area (Å²) in [7, 11) is 0. The number of benzene rings is 1. The number of hydrogen-bond acceptors (Lipinski definition) is 3. The van der Waals surface area contributed by atoms with Crippen LogP contribution in [0.1, 0.15) is 24.1 Å². The van der Waals surface area contributed by atoms with Crippen LogP contribution in [0.5, 0.6) is 0 Å². The van der Waals surface area contributed by atoms with E-state index in [0.29, 0.717) is 24.1 Å². The highest BCUT2D eigenvalue weighted by Crippen LogP contribution is 2.17. The van der Waals surface area contributed by atoms with Crippen LogP contribution in [0, 0.1) is 5.82 Å². The minimum atomic E-state index is -0.160. The van der Waals surface area contributed by atoms with Crippen molar-refractivity contribution in [2.75, 3.05) is 0 Å². The second kappa shape index (κ2) is 5.86. The number of nitrogens with one attached hydrogen (secondary N) is 1. The fourth-order valence-corrected chi connectivity index (χ4v) is 3.68. The Balaban J connectivity index is 1.60. The fraction of sp³-hybridized carbons (Fsp3) is 0.294. The van der Waals surface area contributed by atoms with Crippen LogP contribution >= 0.6 is 11.3 Å². The Bertz CT molecular complexity index is 900. The number of thiazole rings is 1. The van der Waals surface area contributed by atoms with Gasteiger partial charge >= 0.3 is 0 Å². The summed E-state index contributed by atoms with van der Waals surface area (Å²) in [6.45, 7) is 1.28. The number of fused-ring (bicyclic) bond motifs is 1.